The van der Waals surface area contributed by atoms with Gasteiger partial charge in [0.25, 0.3) is 17.7 Å². The van der Waals surface area contributed by atoms with Crippen molar-refractivity contribution in [1.82, 2.24) is 20.0 Å². The van der Waals surface area contributed by atoms with Gasteiger partial charge in [-0.3, -0.25) is 14.9 Å². The highest BCUT2D eigenvalue weighted by atomic mass is 32.1. The number of ether oxygens (including phenoxy) is 2. The van der Waals surface area contributed by atoms with Crippen molar-refractivity contribution in [1.29, 1.82) is 0 Å². The summed E-state index contributed by atoms with van der Waals surface area (Å²) in [5.74, 6) is 1.78. The van der Waals surface area contributed by atoms with E-state index in [9.17, 15) is 9.59 Å². The number of rotatable bonds is 7. The lowest BCUT2D eigenvalue weighted by Gasteiger charge is -2.15. The number of nitrogens with one attached hydrogen (secondary N) is 1. The molecule has 0 spiro atoms. The summed E-state index contributed by atoms with van der Waals surface area (Å²) in [5.41, 5.74) is 1.06. The standard InChI is InChI=1S/C25H23N5O5S/c1-14-13-26-25(36-14)28-22(31)17-10-19(12-20(11-17)34-21-8-9-30(3)24(21)32)33-18-6-4-16(5-7-18)23-27-15(2)29-35-23/h4-7,10-13,21H,8-9H2,1-3H3,(H,26,28,31). The Balaban J connectivity index is 1.40. The first kappa shape index (κ1) is 23.5. The van der Waals surface area contributed by atoms with E-state index in [0.29, 0.717) is 52.6 Å². The molecular formula is C25H23N5O5S. The molecule has 0 radical (unpaired) electrons. The Kier molecular flexibility index (Phi) is 6.38. The molecule has 2 aromatic heterocycles. The van der Waals surface area contributed by atoms with Crippen LogP contribution in [0, 0.1) is 13.8 Å². The second-order valence-corrected chi connectivity index (χ2v) is 9.59. The molecule has 36 heavy (non-hydrogen) atoms. The summed E-state index contributed by atoms with van der Waals surface area (Å²) in [7, 11) is 1.74. The highest BCUT2D eigenvalue weighted by Crippen LogP contribution is 2.31. The van der Waals surface area contributed by atoms with E-state index in [1.165, 1.54) is 11.3 Å². The molecule has 3 heterocycles. The van der Waals surface area contributed by atoms with Gasteiger partial charge in [0.1, 0.15) is 17.2 Å². The number of hydrogen-bond acceptors (Lipinski definition) is 9. The van der Waals surface area contributed by atoms with E-state index in [2.05, 4.69) is 20.4 Å². The van der Waals surface area contributed by atoms with E-state index in [-0.39, 0.29) is 11.8 Å². The van der Waals surface area contributed by atoms with Crippen LogP contribution in [0.5, 0.6) is 17.2 Å². The summed E-state index contributed by atoms with van der Waals surface area (Å²) in [6.45, 7) is 4.27. The third-order valence-electron chi connectivity index (χ3n) is 5.51. The maximum atomic E-state index is 13.0. The number of nitrogens with zero attached hydrogens (tertiary/aromatic N) is 4. The second kappa shape index (κ2) is 9.78. The zero-order valence-electron chi connectivity index (χ0n) is 19.8. The number of amides is 2. The number of hydrogen-bond donors (Lipinski definition) is 1. The quantitative estimate of drug-likeness (QED) is 0.391. The monoisotopic (exact) mass is 505 g/mol. The zero-order chi connectivity index (χ0) is 25.2. The van der Waals surface area contributed by atoms with Crippen molar-refractivity contribution in [2.45, 2.75) is 26.4 Å². The Labute approximate surface area is 210 Å². The lowest BCUT2D eigenvalue weighted by molar-refractivity contribution is -0.132. The lowest BCUT2D eigenvalue weighted by Crippen LogP contribution is -2.29. The predicted molar refractivity (Wildman–Crippen MR) is 132 cm³/mol. The molecule has 2 aromatic carbocycles. The van der Waals surface area contributed by atoms with Gasteiger partial charge in [-0.05, 0) is 50.2 Å². The van der Waals surface area contributed by atoms with Gasteiger partial charge in [0.05, 0.1) is 0 Å². The topological polar surface area (TPSA) is 120 Å². The van der Waals surface area contributed by atoms with Gasteiger partial charge in [-0.2, -0.15) is 4.98 Å². The lowest BCUT2D eigenvalue weighted by atomic mass is 10.1. The number of likely N-dealkylation sites (tertiary alicyclic amines) is 1. The fourth-order valence-electron chi connectivity index (χ4n) is 3.69. The third kappa shape index (κ3) is 5.20. The number of aryl methyl sites for hydroxylation is 2. The first-order chi connectivity index (χ1) is 17.3. The SMILES string of the molecule is Cc1noc(-c2ccc(Oc3cc(OC4CCN(C)C4=O)cc(C(=O)Nc4ncc(C)s4)c3)cc2)n1. The van der Waals surface area contributed by atoms with E-state index < -0.39 is 6.10 Å². The van der Waals surface area contributed by atoms with Crippen LogP contribution in [0.25, 0.3) is 11.5 Å². The molecule has 1 saturated heterocycles. The molecule has 11 heteroatoms. The van der Waals surface area contributed by atoms with Gasteiger partial charge in [-0.25, -0.2) is 4.98 Å². The van der Waals surface area contributed by atoms with Crippen LogP contribution in [0.2, 0.25) is 0 Å². The molecule has 10 nitrogen and oxygen atoms in total. The number of aromatic nitrogens is 3. The number of anilines is 1. The molecule has 1 N–H and O–H groups in total. The molecule has 0 aliphatic carbocycles. The molecule has 0 saturated carbocycles. The van der Waals surface area contributed by atoms with Crippen LogP contribution in [0.4, 0.5) is 5.13 Å². The van der Waals surface area contributed by atoms with Crippen LogP contribution >= 0.6 is 11.3 Å². The van der Waals surface area contributed by atoms with E-state index >= 15 is 0 Å². The predicted octanol–water partition coefficient (Wildman–Crippen LogP) is 4.46. The van der Waals surface area contributed by atoms with Crippen LogP contribution in [0.1, 0.15) is 27.5 Å². The van der Waals surface area contributed by atoms with Crippen molar-refractivity contribution >= 4 is 28.3 Å². The molecule has 1 aliphatic heterocycles. The fraction of sp³-hybridized carbons (Fsp3) is 0.240. The summed E-state index contributed by atoms with van der Waals surface area (Å²) in [6, 6.07) is 12.0. The second-order valence-electron chi connectivity index (χ2n) is 8.35. The molecule has 0 bridgehead atoms. The zero-order valence-corrected chi connectivity index (χ0v) is 20.7. The number of likely N-dealkylation sites (N-methyl/N-ethyl adjacent to an activating group) is 1. The van der Waals surface area contributed by atoms with Gasteiger partial charge in [0.15, 0.2) is 17.1 Å². The van der Waals surface area contributed by atoms with Crippen LogP contribution in [-0.2, 0) is 4.79 Å². The average Bonchev–Trinajstić information content (AvgIpc) is 3.56. The van der Waals surface area contributed by atoms with Crippen molar-refractivity contribution in [3.8, 4) is 28.7 Å². The van der Waals surface area contributed by atoms with E-state index in [1.807, 2.05) is 6.92 Å². The van der Waals surface area contributed by atoms with Gasteiger partial charge in [0.2, 0.25) is 0 Å². The van der Waals surface area contributed by atoms with E-state index in [4.69, 9.17) is 14.0 Å². The van der Waals surface area contributed by atoms with Crippen LogP contribution in [-0.4, -0.2) is 51.5 Å². The Morgan fingerprint density at radius 3 is 2.56 bits per heavy atom. The van der Waals surface area contributed by atoms with Gasteiger partial charge in [-0.15, -0.1) is 11.3 Å². The van der Waals surface area contributed by atoms with Gasteiger partial charge in [-0.1, -0.05) is 5.16 Å². The van der Waals surface area contributed by atoms with Crippen LogP contribution in [0.15, 0.2) is 53.2 Å². The molecule has 1 atom stereocenters. The minimum Gasteiger partial charge on any atom is -0.480 e. The van der Waals surface area contributed by atoms with E-state index in [1.54, 1.807) is 67.5 Å². The Hall–Kier alpha value is -4.25. The minimum atomic E-state index is -0.611. The van der Waals surface area contributed by atoms with Crippen molar-refractivity contribution in [2.75, 3.05) is 18.9 Å². The van der Waals surface area contributed by atoms with Crippen LogP contribution < -0.4 is 14.8 Å². The van der Waals surface area contributed by atoms with Crippen molar-refractivity contribution < 1.29 is 23.6 Å². The summed E-state index contributed by atoms with van der Waals surface area (Å²) in [6.07, 6.45) is 1.65. The molecule has 1 fully saturated rings. The van der Waals surface area contributed by atoms with Gasteiger partial charge in [0, 0.05) is 48.3 Å². The smallest absolute Gasteiger partial charge is 0.263 e. The Bertz CT molecular complexity index is 1410. The molecule has 1 unspecified atom stereocenters. The van der Waals surface area contributed by atoms with Gasteiger partial charge >= 0.3 is 0 Å². The number of carbonyl (C=O) groups excluding carboxylic acids is 2. The maximum absolute atomic E-state index is 13.0. The summed E-state index contributed by atoms with van der Waals surface area (Å²) in [4.78, 5) is 36.4. The first-order valence-electron chi connectivity index (χ1n) is 11.2. The Morgan fingerprint density at radius 1 is 1.14 bits per heavy atom. The molecule has 4 aromatic rings. The van der Waals surface area contributed by atoms with Crippen molar-refractivity contribution in [2.24, 2.45) is 0 Å². The van der Waals surface area contributed by atoms with Crippen molar-refractivity contribution in [3.05, 3.63) is 64.9 Å². The largest absolute Gasteiger partial charge is 0.480 e. The highest BCUT2D eigenvalue weighted by molar-refractivity contribution is 7.15. The first-order valence-corrected chi connectivity index (χ1v) is 12.0. The number of carbonyl (C=O) groups is 2. The summed E-state index contributed by atoms with van der Waals surface area (Å²) < 4.78 is 17.2. The highest BCUT2D eigenvalue weighted by Gasteiger charge is 2.31. The number of thiazole rings is 1. The normalized spacial score (nSPS) is 15.2. The van der Waals surface area contributed by atoms with Gasteiger partial charge < -0.3 is 18.9 Å². The molecule has 5 rings (SSSR count). The minimum absolute atomic E-state index is 0.0996. The van der Waals surface area contributed by atoms with E-state index in [0.717, 1.165) is 10.4 Å². The molecule has 1 aliphatic rings. The summed E-state index contributed by atoms with van der Waals surface area (Å²) in [5, 5.41) is 7.09. The number of benzene rings is 2. The average molecular weight is 506 g/mol. The van der Waals surface area contributed by atoms with Crippen molar-refractivity contribution in [3.63, 3.8) is 0 Å². The molecular weight excluding hydrogens is 482 g/mol. The molecule has 2 amide bonds. The third-order valence-corrected chi connectivity index (χ3v) is 6.33. The Morgan fingerprint density at radius 2 is 1.92 bits per heavy atom. The fourth-order valence-corrected chi connectivity index (χ4v) is 4.35. The van der Waals surface area contributed by atoms with Crippen LogP contribution in [0.3, 0.4) is 0 Å². The summed E-state index contributed by atoms with van der Waals surface area (Å²) >= 11 is 1.38. The molecule has 184 valence electrons. The maximum Gasteiger partial charge on any atom is 0.263 e.